The summed E-state index contributed by atoms with van der Waals surface area (Å²) in [5.41, 5.74) is 3.21. The average Bonchev–Trinajstić information content (AvgIpc) is 3.47. The lowest BCUT2D eigenvalue weighted by molar-refractivity contribution is -0.118. The second-order valence-corrected chi connectivity index (χ2v) is 7.94. The number of methoxy groups -OCH3 is 2. The summed E-state index contributed by atoms with van der Waals surface area (Å²) in [5, 5.41) is 3.12. The number of benzene rings is 2. The van der Waals surface area contributed by atoms with Crippen LogP contribution in [0.15, 0.2) is 48.8 Å². The summed E-state index contributed by atoms with van der Waals surface area (Å²) in [5.74, 6) is 1.78. The molecule has 8 nitrogen and oxygen atoms in total. The van der Waals surface area contributed by atoms with Crippen LogP contribution in [-0.2, 0) is 18.3 Å². The van der Waals surface area contributed by atoms with Crippen molar-refractivity contribution in [3.8, 4) is 11.5 Å². The largest absolute Gasteiger partial charge is 0.497 e. The summed E-state index contributed by atoms with van der Waals surface area (Å²) < 4.78 is 12.7. The highest BCUT2D eigenvalue weighted by atomic mass is 16.5. The predicted octanol–water partition coefficient (Wildman–Crippen LogP) is 3.26. The number of carbonyl (C=O) groups is 2. The van der Waals surface area contributed by atoms with Crippen molar-refractivity contribution in [2.45, 2.75) is 25.8 Å². The Hall–Kier alpha value is -3.81. The van der Waals surface area contributed by atoms with E-state index in [2.05, 4.69) is 10.3 Å². The number of nitrogens with zero attached hydrogens (tertiary/aromatic N) is 3. The molecule has 2 amide bonds. The maximum absolute atomic E-state index is 13.3. The molecule has 1 aliphatic heterocycles. The molecule has 0 saturated heterocycles. The van der Waals surface area contributed by atoms with Gasteiger partial charge in [-0.2, -0.15) is 0 Å². The molecule has 8 heteroatoms. The fourth-order valence-electron chi connectivity index (χ4n) is 4.16. The van der Waals surface area contributed by atoms with Crippen LogP contribution in [0.25, 0.3) is 0 Å². The molecule has 2 heterocycles. The number of aryl methyl sites for hydroxylation is 1. The van der Waals surface area contributed by atoms with Gasteiger partial charge in [0.05, 0.1) is 14.2 Å². The van der Waals surface area contributed by atoms with E-state index in [-0.39, 0.29) is 11.8 Å². The first-order valence-corrected chi connectivity index (χ1v) is 10.9. The molecule has 0 spiro atoms. The third-order valence-electron chi connectivity index (χ3n) is 5.94. The van der Waals surface area contributed by atoms with Gasteiger partial charge in [-0.05, 0) is 47.9 Å². The Balaban J connectivity index is 1.66. The summed E-state index contributed by atoms with van der Waals surface area (Å²) >= 11 is 0. The molecule has 1 atom stereocenters. The standard InChI is InChI=1S/C25H28N4O4/c1-5-22(30)29-10-8-16-12-17(6-7-21(16)29)25(31)27-23(24-26-9-11-28(24)2)18-13-19(32-3)15-20(14-18)33-4/h6-7,9,11-15,23H,5,8,10H2,1-4H3,(H,27,31). The van der Waals surface area contributed by atoms with Gasteiger partial charge in [0.15, 0.2) is 0 Å². The molecular weight excluding hydrogens is 420 g/mol. The number of carbonyl (C=O) groups excluding carboxylic acids is 2. The normalized spacial score (nSPS) is 13.4. The first-order valence-electron chi connectivity index (χ1n) is 10.9. The van der Waals surface area contributed by atoms with Crippen molar-refractivity contribution < 1.29 is 19.1 Å². The van der Waals surface area contributed by atoms with E-state index in [0.29, 0.717) is 35.9 Å². The van der Waals surface area contributed by atoms with Crippen LogP contribution in [0, 0.1) is 0 Å². The number of amides is 2. The first kappa shape index (κ1) is 22.4. The second kappa shape index (κ2) is 9.36. The minimum atomic E-state index is -0.520. The smallest absolute Gasteiger partial charge is 0.252 e. The van der Waals surface area contributed by atoms with E-state index in [4.69, 9.17) is 9.47 Å². The molecule has 1 N–H and O–H groups in total. The van der Waals surface area contributed by atoms with Crippen molar-refractivity contribution in [3.05, 3.63) is 71.3 Å². The fourth-order valence-corrected chi connectivity index (χ4v) is 4.16. The average molecular weight is 449 g/mol. The van der Waals surface area contributed by atoms with Gasteiger partial charge in [-0.15, -0.1) is 0 Å². The third-order valence-corrected chi connectivity index (χ3v) is 5.94. The Morgan fingerprint density at radius 2 is 1.85 bits per heavy atom. The van der Waals surface area contributed by atoms with Crippen LogP contribution in [0.5, 0.6) is 11.5 Å². The van der Waals surface area contributed by atoms with Crippen molar-refractivity contribution in [2.75, 3.05) is 25.7 Å². The summed E-state index contributed by atoms with van der Waals surface area (Å²) in [6.45, 7) is 2.50. The minimum absolute atomic E-state index is 0.0905. The lowest BCUT2D eigenvalue weighted by atomic mass is 10.0. The number of anilines is 1. The summed E-state index contributed by atoms with van der Waals surface area (Å²) in [6, 6.07) is 10.5. The number of aromatic nitrogens is 2. The molecule has 0 saturated carbocycles. The highest BCUT2D eigenvalue weighted by Crippen LogP contribution is 2.31. The van der Waals surface area contributed by atoms with E-state index < -0.39 is 6.04 Å². The zero-order chi connectivity index (χ0) is 23.5. The van der Waals surface area contributed by atoms with Crippen molar-refractivity contribution in [2.24, 2.45) is 7.05 Å². The molecule has 1 aliphatic rings. The zero-order valence-corrected chi connectivity index (χ0v) is 19.3. The maximum atomic E-state index is 13.3. The molecule has 0 fully saturated rings. The fraction of sp³-hybridized carbons (Fsp3) is 0.320. The molecular formula is C25H28N4O4. The van der Waals surface area contributed by atoms with E-state index in [9.17, 15) is 9.59 Å². The third kappa shape index (κ3) is 4.41. The van der Waals surface area contributed by atoms with Gasteiger partial charge in [-0.25, -0.2) is 4.98 Å². The number of hydrogen-bond donors (Lipinski definition) is 1. The number of fused-ring (bicyclic) bond motifs is 1. The van der Waals surface area contributed by atoms with Gasteiger partial charge >= 0.3 is 0 Å². The molecule has 3 aromatic rings. The number of rotatable bonds is 7. The summed E-state index contributed by atoms with van der Waals surface area (Å²) in [6.07, 6.45) is 4.72. The van der Waals surface area contributed by atoms with Crippen LogP contribution < -0.4 is 19.7 Å². The van der Waals surface area contributed by atoms with E-state index in [1.807, 2.05) is 49.0 Å². The Morgan fingerprint density at radius 3 is 2.45 bits per heavy atom. The zero-order valence-electron chi connectivity index (χ0n) is 19.3. The minimum Gasteiger partial charge on any atom is -0.497 e. The SMILES string of the molecule is CCC(=O)N1CCc2cc(C(=O)NC(c3cc(OC)cc(OC)c3)c3nccn3C)ccc21. The molecule has 2 aromatic carbocycles. The van der Waals surface area contributed by atoms with Crippen molar-refractivity contribution in [1.29, 1.82) is 0 Å². The number of ether oxygens (including phenoxy) is 2. The molecule has 1 unspecified atom stereocenters. The summed E-state index contributed by atoms with van der Waals surface area (Å²) in [7, 11) is 5.06. The molecule has 1 aromatic heterocycles. The maximum Gasteiger partial charge on any atom is 0.252 e. The van der Waals surface area contributed by atoms with Crippen LogP contribution in [0.4, 0.5) is 5.69 Å². The van der Waals surface area contributed by atoms with Crippen molar-refractivity contribution >= 4 is 17.5 Å². The van der Waals surface area contributed by atoms with Crippen LogP contribution in [0.3, 0.4) is 0 Å². The van der Waals surface area contributed by atoms with Crippen molar-refractivity contribution in [3.63, 3.8) is 0 Å². The Kier molecular flexibility index (Phi) is 6.35. The topological polar surface area (TPSA) is 85.7 Å². The molecule has 4 rings (SSSR count). The number of nitrogens with one attached hydrogen (secondary N) is 1. The van der Waals surface area contributed by atoms with Gasteiger partial charge in [0.25, 0.3) is 5.91 Å². The van der Waals surface area contributed by atoms with E-state index in [1.54, 1.807) is 37.4 Å². The quantitative estimate of drug-likeness (QED) is 0.600. The monoisotopic (exact) mass is 448 g/mol. The summed E-state index contributed by atoms with van der Waals surface area (Å²) in [4.78, 5) is 31.8. The van der Waals surface area contributed by atoms with Gasteiger partial charge in [0.1, 0.15) is 23.4 Å². The highest BCUT2D eigenvalue weighted by molar-refractivity contribution is 5.98. The van der Waals surface area contributed by atoms with E-state index in [0.717, 1.165) is 23.2 Å². The molecule has 0 aliphatic carbocycles. The van der Waals surface area contributed by atoms with Crippen LogP contribution >= 0.6 is 0 Å². The molecule has 33 heavy (non-hydrogen) atoms. The lowest BCUT2D eigenvalue weighted by Crippen LogP contribution is -2.31. The van der Waals surface area contributed by atoms with Gasteiger partial charge in [0.2, 0.25) is 5.91 Å². The van der Waals surface area contributed by atoms with Crippen molar-refractivity contribution in [1.82, 2.24) is 14.9 Å². The second-order valence-electron chi connectivity index (χ2n) is 7.94. The molecule has 0 radical (unpaired) electrons. The number of hydrogen-bond acceptors (Lipinski definition) is 5. The van der Waals surface area contributed by atoms with Crippen LogP contribution in [0.2, 0.25) is 0 Å². The first-order chi connectivity index (χ1) is 15.9. The van der Waals surface area contributed by atoms with Crippen LogP contribution in [0.1, 0.15) is 46.7 Å². The molecule has 0 bridgehead atoms. The predicted molar refractivity (Wildman–Crippen MR) is 125 cm³/mol. The van der Waals surface area contributed by atoms with Gasteiger partial charge < -0.3 is 24.3 Å². The van der Waals surface area contributed by atoms with E-state index >= 15 is 0 Å². The number of imidazole rings is 1. The Morgan fingerprint density at radius 1 is 1.12 bits per heavy atom. The highest BCUT2D eigenvalue weighted by Gasteiger charge is 2.26. The van der Waals surface area contributed by atoms with Gasteiger partial charge in [0, 0.05) is 49.7 Å². The Labute approximate surface area is 193 Å². The van der Waals surface area contributed by atoms with Gasteiger partial charge in [-0.1, -0.05) is 6.92 Å². The van der Waals surface area contributed by atoms with Crippen LogP contribution in [-0.4, -0.2) is 42.1 Å². The Bertz CT molecular complexity index is 1160. The molecule has 172 valence electrons. The van der Waals surface area contributed by atoms with Gasteiger partial charge in [-0.3, -0.25) is 9.59 Å². The lowest BCUT2D eigenvalue weighted by Gasteiger charge is -2.21. The van der Waals surface area contributed by atoms with E-state index in [1.165, 1.54) is 0 Å².